The molecular weight excluding hydrogens is 216 g/mol. The first kappa shape index (κ1) is 13.7. The van der Waals surface area contributed by atoms with Gasteiger partial charge in [0, 0.05) is 0 Å². The molecule has 1 amide bonds. The molecule has 0 aliphatic rings. The third-order valence-electron chi connectivity index (χ3n) is 1.10. The number of ether oxygens (including phenoxy) is 1. The average molecular weight is 227 g/mol. The largest absolute Gasteiger partial charge is 0.479 e. The first-order chi connectivity index (χ1) is 7.02. The molecule has 0 atom stereocenters. The van der Waals surface area contributed by atoms with Gasteiger partial charge < -0.3 is 9.84 Å². The van der Waals surface area contributed by atoms with Crippen LogP contribution in [-0.2, 0) is 19.2 Å². The molecule has 0 rings (SSSR count). The van der Waals surface area contributed by atoms with Gasteiger partial charge in [-0.3, -0.25) is 9.63 Å². The molecule has 0 saturated heterocycles. The summed E-state index contributed by atoms with van der Waals surface area (Å²) in [6, 6.07) is 0. The van der Waals surface area contributed by atoms with E-state index in [0.717, 1.165) is 0 Å². The Morgan fingerprint density at radius 3 is 2.60 bits per heavy atom. The third kappa shape index (κ3) is 10.6. The number of halogens is 2. The number of hydroxylamine groups is 1. The zero-order chi connectivity index (χ0) is 11.7. The van der Waals surface area contributed by atoms with E-state index in [-0.39, 0.29) is 13.0 Å². The maximum Gasteiger partial charge on any atom is 0.332 e. The molecule has 0 bridgehead atoms. The molecule has 2 N–H and O–H groups in total. The average Bonchev–Trinajstić information content (AvgIpc) is 2.11. The quantitative estimate of drug-likeness (QED) is 0.442. The van der Waals surface area contributed by atoms with Crippen LogP contribution in [0.3, 0.4) is 0 Å². The zero-order valence-corrected chi connectivity index (χ0v) is 7.74. The van der Waals surface area contributed by atoms with Gasteiger partial charge in [-0.1, -0.05) is 0 Å². The molecule has 6 nitrogen and oxygen atoms in total. The summed E-state index contributed by atoms with van der Waals surface area (Å²) in [5.41, 5.74) is 1.81. The van der Waals surface area contributed by atoms with Crippen LogP contribution in [0.25, 0.3) is 0 Å². The summed E-state index contributed by atoms with van der Waals surface area (Å²) >= 11 is 0. The molecule has 0 aromatic heterocycles. The number of carboxylic acid groups (broad SMARTS) is 1. The van der Waals surface area contributed by atoms with E-state index in [2.05, 4.69) is 9.57 Å². The molecule has 0 aliphatic heterocycles. The van der Waals surface area contributed by atoms with Gasteiger partial charge in [-0.15, -0.1) is 0 Å². The molecular formula is C7H11F2NO5. The van der Waals surface area contributed by atoms with Crippen molar-refractivity contribution in [2.45, 2.75) is 12.8 Å². The van der Waals surface area contributed by atoms with Crippen molar-refractivity contribution in [1.82, 2.24) is 5.48 Å². The second kappa shape index (κ2) is 8.06. The van der Waals surface area contributed by atoms with E-state index in [0.29, 0.717) is 0 Å². The number of aliphatic carboxylic acids is 1. The van der Waals surface area contributed by atoms with Gasteiger partial charge in [0.25, 0.3) is 6.43 Å². The van der Waals surface area contributed by atoms with Crippen LogP contribution in [-0.4, -0.2) is 43.2 Å². The fourth-order valence-electron chi connectivity index (χ4n) is 0.567. The molecule has 0 spiro atoms. The number of hydrogen-bond donors (Lipinski definition) is 2. The number of amides is 1. The Labute approximate surface area is 84.1 Å². The van der Waals surface area contributed by atoms with Gasteiger partial charge >= 0.3 is 5.97 Å². The summed E-state index contributed by atoms with van der Waals surface area (Å²) in [6.07, 6.45) is -2.75. The van der Waals surface area contributed by atoms with E-state index in [1.54, 1.807) is 0 Å². The van der Waals surface area contributed by atoms with E-state index < -0.39 is 31.5 Å². The van der Waals surface area contributed by atoms with Gasteiger partial charge in [0.15, 0.2) is 6.61 Å². The molecule has 0 saturated carbocycles. The molecule has 0 fully saturated rings. The van der Waals surface area contributed by atoms with Gasteiger partial charge in [0.2, 0.25) is 5.91 Å². The number of hydrogen-bond acceptors (Lipinski definition) is 4. The summed E-state index contributed by atoms with van der Waals surface area (Å²) in [5.74, 6) is -1.87. The lowest BCUT2D eigenvalue weighted by Crippen LogP contribution is -2.27. The third-order valence-corrected chi connectivity index (χ3v) is 1.10. The highest BCUT2D eigenvalue weighted by atomic mass is 19.3. The smallest absolute Gasteiger partial charge is 0.332 e. The van der Waals surface area contributed by atoms with E-state index in [9.17, 15) is 18.4 Å². The first-order valence-electron chi connectivity index (χ1n) is 4.00. The van der Waals surface area contributed by atoms with E-state index in [4.69, 9.17) is 5.11 Å². The number of carboxylic acids is 1. The Hall–Kier alpha value is -1.28. The fourth-order valence-corrected chi connectivity index (χ4v) is 0.567. The Morgan fingerprint density at radius 2 is 2.07 bits per heavy atom. The number of nitrogens with one attached hydrogen (secondary N) is 1. The van der Waals surface area contributed by atoms with Crippen LogP contribution in [0.15, 0.2) is 0 Å². The number of carbonyl (C=O) groups excluding carboxylic acids is 1. The Balaban J connectivity index is 3.30. The van der Waals surface area contributed by atoms with Crippen molar-refractivity contribution < 1.29 is 33.1 Å². The summed E-state index contributed by atoms with van der Waals surface area (Å²) in [7, 11) is 0. The molecule has 0 aromatic carbocycles. The Kier molecular flexibility index (Phi) is 7.38. The predicted molar refractivity (Wildman–Crippen MR) is 43.2 cm³/mol. The standard InChI is InChI=1S/C7H11F2NO5/c8-5(9)3-14-2-1-6(11)10-15-4-7(12)13/h5H,1-4H2,(H,10,11)(H,12,13). The van der Waals surface area contributed by atoms with Crippen LogP contribution in [0.2, 0.25) is 0 Å². The highest BCUT2D eigenvalue weighted by Gasteiger charge is 2.05. The van der Waals surface area contributed by atoms with E-state index in [1.807, 2.05) is 5.48 Å². The number of carbonyl (C=O) groups is 2. The van der Waals surface area contributed by atoms with Gasteiger partial charge in [-0.25, -0.2) is 19.1 Å². The van der Waals surface area contributed by atoms with Crippen LogP contribution in [0.1, 0.15) is 6.42 Å². The minimum Gasteiger partial charge on any atom is -0.479 e. The molecule has 0 radical (unpaired) electrons. The number of alkyl halides is 2. The van der Waals surface area contributed by atoms with E-state index >= 15 is 0 Å². The van der Waals surface area contributed by atoms with Crippen molar-refractivity contribution in [3.8, 4) is 0 Å². The Bertz CT molecular complexity index is 212. The summed E-state index contributed by atoms with van der Waals surface area (Å²) in [4.78, 5) is 24.9. The van der Waals surface area contributed by atoms with E-state index in [1.165, 1.54) is 0 Å². The molecule has 8 heteroatoms. The van der Waals surface area contributed by atoms with Crippen LogP contribution in [0, 0.1) is 0 Å². The van der Waals surface area contributed by atoms with Crippen LogP contribution in [0.5, 0.6) is 0 Å². The molecule has 0 unspecified atom stereocenters. The van der Waals surface area contributed by atoms with Crippen LogP contribution >= 0.6 is 0 Å². The van der Waals surface area contributed by atoms with Crippen molar-refractivity contribution in [2.75, 3.05) is 19.8 Å². The molecule has 0 heterocycles. The summed E-state index contributed by atoms with van der Waals surface area (Å²) in [5, 5.41) is 8.12. The van der Waals surface area contributed by atoms with Gasteiger partial charge in [-0.05, 0) is 0 Å². The van der Waals surface area contributed by atoms with Crippen molar-refractivity contribution >= 4 is 11.9 Å². The minimum atomic E-state index is -2.57. The number of rotatable bonds is 8. The molecule has 0 aromatic rings. The van der Waals surface area contributed by atoms with Crippen molar-refractivity contribution in [2.24, 2.45) is 0 Å². The highest BCUT2D eigenvalue weighted by molar-refractivity contribution is 5.75. The fraction of sp³-hybridized carbons (Fsp3) is 0.714. The Morgan fingerprint density at radius 1 is 1.40 bits per heavy atom. The topological polar surface area (TPSA) is 84.9 Å². The SMILES string of the molecule is O=C(O)CONC(=O)CCOCC(F)F. The second-order valence-electron chi connectivity index (χ2n) is 2.42. The lowest BCUT2D eigenvalue weighted by molar-refractivity contribution is -0.149. The molecule has 0 aliphatic carbocycles. The van der Waals surface area contributed by atoms with Crippen molar-refractivity contribution in [3.63, 3.8) is 0 Å². The predicted octanol–water partition coefficient (Wildman–Crippen LogP) is -0.209. The van der Waals surface area contributed by atoms with Crippen LogP contribution in [0.4, 0.5) is 8.78 Å². The molecule has 88 valence electrons. The summed E-state index contributed by atoms with van der Waals surface area (Å²) in [6.45, 7) is -1.57. The monoisotopic (exact) mass is 227 g/mol. The lowest BCUT2D eigenvalue weighted by atomic mass is 10.4. The summed E-state index contributed by atoms with van der Waals surface area (Å²) < 4.78 is 27.5. The maximum atomic E-state index is 11.5. The maximum absolute atomic E-state index is 11.5. The zero-order valence-electron chi connectivity index (χ0n) is 7.74. The first-order valence-corrected chi connectivity index (χ1v) is 4.00. The highest BCUT2D eigenvalue weighted by Crippen LogP contribution is 1.93. The second-order valence-corrected chi connectivity index (χ2v) is 2.42. The lowest BCUT2D eigenvalue weighted by Gasteiger charge is -2.04. The van der Waals surface area contributed by atoms with Crippen LogP contribution < -0.4 is 5.48 Å². The van der Waals surface area contributed by atoms with Gasteiger partial charge in [0.1, 0.15) is 6.61 Å². The minimum absolute atomic E-state index is 0.174. The van der Waals surface area contributed by atoms with Crippen molar-refractivity contribution in [1.29, 1.82) is 0 Å². The normalized spacial score (nSPS) is 10.3. The molecule has 15 heavy (non-hydrogen) atoms. The van der Waals surface area contributed by atoms with Crippen molar-refractivity contribution in [3.05, 3.63) is 0 Å². The van der Waals surface area contributed by atoms with Gasteiger partial charge in [0.05, 0.1) is 13.0 Å². The van der Waals surface area contributed by atoms with Gasteiger partial charge in [-0.2, -0.15) is 0 Å².